The van der Waals surface area contributed by atoms with Crippen LogP contribution in [0.3, 0.4) is 0 Å². The molecule has 1 heterocycles. The lowest BCUT2D eigenvalue weighted by molar-refractivity contribution is 0.226. The Bertz CT molecular complexity index is 135. The molecule has 1 nitrogen and oxygen atoms in total. The average Bonchev–Trinajstić information content (AvgIpc) is 1.78. The number of hydrogen-bond acceptors (Lipinski definition) is 2. The predicted octanol–water partition coefficient (Wildman–Crippen LogP) is 2.47. The summed E-state index contributed by atoms with van der Waals surface area (Å²) in [5, 5.41) is 0. The number of thioether (sulfide) groups is 1. The van der Waals surface area contributed by atoms with Crippen LogP contribution >= 0.6 is 11.8 Å². The van der Waals surface area contributed by atoms with Gasteiger partial charge in [-0.25, -0.2) is 0 Å². The van der Waals surface area contributed by atoms with Crippen molar-refractivity contribution < 1.29 is 0 Å². The quantitative estimate of drug-likeness (QED) is 0.668. The summed E-state index contributed by atoms with van der Waals surface area (Å²) in [5.74, 6) is 2.70. The van der Waals surface area contributed by atoms with E-state index in [0.29, 0.717) is 5.41 Å². The Labute approximate surface area is 80.9 Å². The van der Waals surface area contributed by atoms with Crippen molar-refractivity contribution >= 4 is 11.8 Å². The Balaban J connectivity index is 2.13. The van der Waals surface area contributed by atoms with E-state index in [2.05, 4.69) is 44.5 Å². The Morgan fingerprint density at radius 1 is 1.33 bits per heavy atom. The summed E-state index contributed by atoms with van der Waals surface area (Å²) in [5.41, 5.74) is 0.491. The van der Waals surface area contributed by atoms with E-state index in [0.717, 1.165) is 6.04 Å². The van der Waals surface area contributed by atoms with Gasteiger partial charge in [-0.2, -0.15) is 11.8 Å². The molecule has 0 bridgehead atoms. The van der Waals surface area contributed by atoms with Gasteiger partial charge in [0.05, 0.1) is 0 Å². The lowest BCUT2D eigenvalue weighted by Gasteiger charge is -2.35. The van der Waals surface area contributed by atoms with Gasteiger partial charge in [0.15, 0.2) is 0 Å². The molecule has 0 saturated carbocycles. The number of nitrogens with zero attached hydrogens (tertiary/aromatic N) is 1. The third-order valence-corrected chi connectivity index (χ3v) is 3.70. The fourth-order valence-corrected chi connectivity index (χ4v) is 2.13. The minimum atomic E-state index is 0.491. The minimum Gasteiger partial charge on any atom is -0.302 e. The van der Waals surface area contributed by atoms with Gasteiger partial charge in [0.2, 0.25) is 0 Å². The fourth-order valence-electron chi connectivity index (χ4n) is 1.17. The van der Waals surface area contributed by atoms with Gasteiger partial charge in [0.25, 0.3) is 0 Å². The first-order valence-corrected chi connectivity index (χ1v) is 5.92. The summed E-state index contributed by atoms with van der Waals surface area (Å²) in [7, 11) is 2.26. The molecular weight excluding hydrogens is 166 g/mol. The zero-order chi connectivity index (χ0) is 9.19. The van der Waals surface area contributed by atoms with Crippen molar-refractivity contribution in [3.8, 4) is 0 Å². The second-order valence-corrected chi connectivity index (χ2v) is 6.06. The van der Waals surface area contributed by atoms with E-state index in [4.69, 9.17) is 0 Å². The molecule has 0 amide bonds. The second kappa shape index (κ2) is 4.01. The zero-order valence-electron chi connectivity index (χ0n) is 8.76. The molecule has 0 unspecified atom stereocenters. The summed E-state index contributed by atoms with van der Waals surface area (Å²) < 4.78 is 0. The van der Waals surface area contributed by atoms with E-state index >= 15 is 0 Å². The van der Waals surface area contributed by atoms with Gasteiger partial charge in [0.1, 0.15) is 0 Å². The Hall–Kier alpha value is 0.310. The van der Waals surface area contributed by atoms with Crippen molar-refractivity contribution in [3.63, 3.8) is 0 Å². The number of hydrogen-bond donors (Lipinski definition) is 0. The van der Waals surface area contributed by atoms with Crippen molar-refractivity contribution in [3.05, 3.63) is 0 Å². The molecule has 2 heteroatoms. The van der Waals surface area contributed by atoms with Gasteiger partial charge in [0, 0.05) is 17.5 Å². The third kappa shape index (κ3) is 3.36. The van der Waals surface area contributed by atoms with Gasteiger partial charge in [-0.1, -0.05) is 20.8 Å². The molecular formula is C10H21NS. The molecule has 0 spiro atoms. The largest absolute Gasteiger partial charge is 0.302 e. The zero-order valence-corrected chi connectivity index (χ0v) is 9.58. The maximum absolute atomic E-state index is 2.52. The van der Waals surface area contributed by atoms with Crippen molar-refractivity contribution in [2.75, 3.05) is 25.1 Å². The van der Waals surface area contributed by atoms with Crippen LogP contribution in [0.25, 0.3) is 0 Å². The Morgan fingerprint density at radius 2 is 1.92 bits per heavy atom. The molecule has 72 valence electrons. The highest BCUT2D eigenvalue weighted by Crippen LogP contribution is 2.24. The Morgan fingerprint density at radius 3 is 2.25 bits per heavy atom. The summed E-state index contributed by atoms with van der Waals surface area (Å²) in [6, 6.07) is 0.873. The van der Waals surface area contributed by atoms with Crippen molar-refractivity contribution in [2.24, 2.45) is 5.41 Å². The fraction of sp³-hybridized carbons (Fsp3) is 1.00. The van der Waals surface area contributed by atoms with Gasteiger partial charge >= 0.3 is 0 Å². The molecule has 1 fully saturated rings. The van der Waals surface area contributed by atoms with Crippen molar-refractivity contribution in [1.82, 2.24) is 4.90 Å². The maximum Gasteiger partial charge on any atom is 0.0273 e. The van der Waals surface area contributed by atoms with Crippen LogP contribution in [0.5, 0.6) is 0 Å². The van der Waals surface area contributed by atoms with Gasteiger partial charge in [-0.3, -0.25) is 0 Å². The first-order chi connectivity index (χ1) is 5.49. The van der Waals surface area contributed by atoms with Crippen LogP contribution in [-0.4, -0.2) is 36.0 Å². The Kier molecular flexibility index (Phi) is 3.47. The van der Waals surface area contributed by atoms with E-state index in [9.17, 15) is 0 Å². The lowest BCUT2D eigenvalue weighted by atomic mass is 9.92. The van der Waals surface area contributed by atoms with Gasteiger partial charge in [-0.15, -0.1) is 0 Å². The summed E-state index contributed by atoms with van der Waals surface area (Å²) >= 11 is 2.07. The summed E-state index contributed by atoms with van der Waals surface area (Å²) in [6.07, 6.45) is 1.31. The van der Waals surface area contributed by atoms with E-state index in [1.807, 2.05) is 0 Å². The molecule has 0 N–H and O–H groups in total. The normalized spacial score (nSPS) is 19.8. The van der Waals surface area contributed by atoms with E-state index in [1.165, 1.54) is 24.5 Å². The van der Waals surface area contributed by atoms with Crippen molar-refractivity contribution in [1.29, 1.82) is 0 Å². The highest BCUT2D eigenvalue weighted by atomic mass is 32.2. The van der Waals surface area contributed by atoms with E-state index in [1.54, 1.807) is 0 Å². The van der Waals surface area contributed by atoms with Gasteiger partial charge in [-0.05, 0) is 25.4 Å². The van der Waals surface area contributed by atoms with Crippen LogP contribution in [0.1, 0.15) is 27.2 Å². The number of rotatable bonds is 3. The van der Waals surface area contributed by atoms with Crippen LogP contribution in [-0.2, 0) is 0 Å². The smallest absolute Gasteiger partial charge is 0.0273 e. The van der Waals surface area contributed by atoms with Crippen molar-refractivity contribution in [2.45, 2.75) is 33.2 Å². The topological polar surface area (TPSA) is 3.24 Å². The van der Waals surface area contributed by atoms with Crippen LogP contribution in [0.2, 0.25) is 0 Å². The second-order valence-electron chi connectivity index (χ2n) is 4.98. The molecule has 0 aliphatic carbocycles. The molecule has 1 rings (SSSR count). The third-order valence-electron chi connectivity index (χ3n) is 2.46. The predicted molar refractivity (Wildman–Crippen MR) is 57.8 cm³/mol. The molecule has 0 atom stereocenters. The maximum atomic E-state index is 2.52. The molecule has 12 heavy (non-hydrogen) atoms. The SMILES string of the molecule is CN(CCC(C)(C)C)C1CSC1. The van der Waals surface area contributed by atoms with Crippen LogP contribution in [0.15, 0.2) is 0 Å². The summed E-state index contributed by atoms with van der Waals surface area (Å²) in [4.78, 5) is 2.52. The highest BCUT2D eigenvalue weighted by Gasteiger charge is 2.23. The van der Waals surface area contributed by atoms with Crippen LogP contribution in [0.4, 0.5) is 0 Å². The standard InChI is InChI=1S/C10H21NS/c1-10(2,3)5-6-11(4)9-7-12-8-9/h9H,5-8H2,1-4H3. The molecule has 0 radical (unpaired) electrons. The first-order valence-electron chi connectivity index (χ1n) is 4.77. The molecule has 0 aromatic heterocycles. The molecule has 1 aliphatic heterocycles. The van der Waals surface area contributed by atoms with Crippen LogP contribution in [0, 0.1) is 5.41 Å². The van der Waals surface area contributed by atoms with E-state index < -0.39 is 0 Å². The molecule has 1 saturated heterocycles. The minimum absolute atomic E-state index is 0.491. The lowest BCUT2D eigenvalue weighted by Crippen LogP contribution is -2.42. The monoisotopic (exact) mass is 187 g/mol. The van der Waals surface area contributed by atoms with E-state index in [-0.39, 0.29) is 0 Å². The summed E-state index contributed by atoms with van der Waals surface area (Å²) in [6.45, 7) is 8.21. The molecule has 0 aromatic carbocycles. The highest BCUT2D eigenvalue weighted by molar-refractivity contribution is 8.00. The van der Waals surface area contributed by atoms with Crippen LogP contribution < -0.4 is 0 Å². The molecule has 0 aromatic rings. The van der Waals surface area contributed by atoms with Gasteiger partial charge < -0.3 is 4.90 Å². The average molecular weight is 187 g/mol. The molecule has 1 aliphatic rings. The first kappa shape index (κ1) is 10.4.